The van der Waals surface area contributed by atoms with Crippen LogP contribution in [0.15, 0.2) is 18.2 Å². The maximum atomic E-state index is 11.3. The summed E-state index contributed by atoms with van der Waals surface area (Å²) >= 11 is 0. The van der Waals surface area contributed by atoms with E-state index in [0.29, 0.717) is 16.9 Å². The predicted octanol–water partition coefficient (Wildman–Crippen LogP) is 1.03. The van der Waals surface area contributed by atoms with Crippen LogP contribution in [-0.2, 0) is 10.5 Å². The molecule has 2 rings (SSSR count). The van der Waals surface area contributed by atoms with Gasteiger partial charge in [-0.05, 0) is 18.2 Å². The third-order valence-electron chi connectivity index (χ3n) is 2.24. The van der Waals surface area contributed by atoms with Gasteiger partial charge in [0.2, 0.25) is 5.79 Å². The van der Waals surface area contributed by atoms with Crippen LogP contribution in [0.3, 0.4) is 0 Å². The number of cyclic esters (lactones) is 1. The van der Waals surface area contributed by atoms with E-state index in [0.717, 1.165) is 0 Å². The van der Waals surface area contributed by atoms with Crippen LogP contribution >= 0.6 is 0 Å². The molecule has 1 atom stereocenters. The Hall–Kier alpha value is -1.55. The molecule has 1 aromatic rings. The molecular weight excluding hydrogens is 184 g/mol. The minimum Gasteiger partial charge on any atom is -0.497 e. The van der Waals surface area contributed by atoms with Gasteiger partial charge in [0.25, 0.3) is 0 Å². The molecule has 0 saturated carbocycles. The lowest BCUT2D eigenvalue weighted by Gasteiger charge is -2.15. The largest absolute Gasteiger partial charge is 0.497 e. The van der Waals surface area contributed by atoms with E-state index in [2.05, 4.69) is 0 Å². The smallest absolute Gasteiger partial charge is 0.341 e. The summed E-state index contributed by atoms with van der Waals surface area (Å²) < 4.78 is 9.77. The summed E-state index contributed by atoms with van der Waals surface area (Å²) in [6.45, 7) is 1.43. The fourth-order valence-electron chi connectivity index (χ4n) is 1.50. The fraction of sp³-hybridized carbons (Fsp3) is 0.300. The summed E-state index contributed by atoms with van der Waals surface area (Å²) in [5.74, 6) is -1.46. The summed E-state index contributed by atoms with van der Waals surface area (Å²) in [7, 11) is 1.52. The molecule has 0 saturated heterocycles. The Labute approximate surface area is 81.1 Å². The Balaban J connectivity index is 2.59. The predicted molar refractivity (Wildman–Crippen MR) is 48.0 cm³/mol. The van der Waals surface area contributed by atoms with Crippen molar-refractivity contribution in [1.82, 2.24) is 0 Å². The van der Waals surface area contributed by atoms with E-state index < -0.39 is 11.8 Å². The second-order valence-electron chi connectivity index (χ2n) is 3.28. The molecule has 0 aliphatic carbocycles. The van der Waals surface area contributed by atoms with Gasteiger partial charge in [-0.1, -0.05) is 0 Å². The molecule has 1 heterocycles. The summed E-state index contributed by atoms with van der Waals surface area (Å²) in [6, 6.07) is 4.83. The van der Waals surface area contributed by atoms with E-state index in [4.69, 9.17) is 9.47 Å². The first-order valence-electron chi connectivity index (χ1n) is 4.19. The Morgan fingerprint density at radius 2 is 2.21 bits per heavy atom. The third kappa shape index (κ3) is 1.15. The first-order chi connectivity index (χ1) is 6.54. The van der Waals surface area contributed by atoms with Crippen LogP contribution in [0.25, 0.3) is 0 Å². The van der Waals surface area contributed by atoms with Crippen molar-refractivity contribution in [1.29, 1.82) is 0 Å². The minimum atomic E-state index is -1.54. The van der Waals surface area contributed by atoms with Gasteiger partial charge in [0.15, 0.2) is 0 Å². The molecule has 1 aromatic carbocycles. The van der Waals surface area contributed by atoms with Gasteiger partial charge in [-0.25, -0.2) is 4.79 Å². The molecular formula is C10H10O4. The average molecular weight is 194 g/mol. The number of ether oxygens (including phenoxy) is 2. The molecule has 74 valence electrons. The van der Waals surface area contributed by atoms with Gasteiger partial charge in [0.1, 0.15) is 5.75 Å². The summed E-state index contributed by atoms with van der Waals surface area (Å²) in [6.07, 6.45) is 0. The topological polar surface area (TPSA) is 55.8 Å². The number of hydrogen-bond donors (Lipinski definition) is 1. The number of aliphatic hydroxyl groups is 1. The molecule has 4 heteroatoms. The van der Waals surface area contributed by atoms with Crippen LogP contribution in [0.2, 0.25) is 0 Å². The molecule has 0 bridgehead atoms. The third-order valence-corrected chi connectivity index (χ3v) is 2.24. The molecule has 1 aliphatic rings. The molecule has 0 radical (unpaired) electrons. The Morgan fingerprint density at radius 3 is 2.86 bits per heavy atom. The quantitative estimate of drug-likeness (QED) is 0.678. The van der Waals surface area contributed by atoms with E-state index in [1.165, 1.54) is 14.0 Å². The number of methoxy groups -OCH3 is 1. The van der Waals surface area contributed by atoms with Gasteiger partial charge in [0, 0.05) is 12.5 Å². The zero-order chi connectivity index (χ0) is 10.3. The van der Waals surface area contributed by atoms with Crippen molar-refractivity contribution in [2.45, 2.75) is 12.7 Å². The first-order valence-corrected chi connectivity index (χ1v) is 4.19. The average Bonchev–Trinajstić information content (AvgIpc) is 2.37. The van der Waals surface area contributed by atoms with E-state index in [1.807, 2.05) is 0 Å². The molecule has 1 unspecified atom stereocenters. The molecule has 0 amide bonds. The van der Waals surface area contributed by atoms with Gasteiger partial charge in [-0.3, -0.25) is 0 Å². The highest BCUT2D eigenvalue weighted by atomic mass is 16.7. The van der Waals surface area contributed by atoms with Gasteiger partial charge in [-0.15, -0.1) is 0 Å². The minimum absolute atomic E-state index is 0.385. The van der Waals surface area contributed by atoms with E-state index >= 15 is 0 Å². The van der Waals surface area contributed by atoms with Crippen LogP contribution in [0.5, 0.6) is 5.75 Å². The highest BCUT2D eigenvalue weighted by Crippen LogP contribution is 2.35. The van der Waals surface area contributed by atoms with Crippen molar-refractivity contribution in [3.8, 4) is 5.75 Å². The van der Waals surface area contributed by atoms with Gasteiger partial charge >= 0.3 is 5.97 Å². The number of carbonyl (C=O) groups is 1. The van der Waals surface area contributed by atoms with Crippen molar-refractivity contribution >= 4 is 5.97 Å². The zero-order valence-corrected chi connectivity index (χ0v) is 7.90. The molecule has 0 spiro atoms. The van der Waals surface area contributed by atoms with Crippen molar-refractivity contribution < 1.29 is 19.4 Å². The molecule has 1 aliphatic heterocycles. The van der Waals surface area contributed by atoms with Crippen molar-refractivity contribution in [3.63, 3.8) is 0 Å². The number of benzene rings is 1. The Kier molecular flexibility index (Phi) is 1.75. The standard InChI is InChI=1S/C10H10O4/c1-10(12)8-5-6(13-2)3-4-7(8)9(11)14-10/h3-5,12H,1-2H3. The fourth-order valence-corrected chi connectivity index (χ4v) is 1.50. The van der Waals surface area contributed by atoms with Crippen LogP contribution in [-0.4, -0.2) is 18.2 Å². The molecule has 1 N–H and O–H groups in total. The number of rotatable bonds is 1. The lowest BCUT2D eigenvalue weighted by molar-refractivity contribution is -0.147. The maximum absolute atomic E-state index is 11.3. The monoisotopic (exact) mass is 194 g/mol. The molecule has 0 fully saturated rings. The van der Waals surface area contributed by atoms with Crippen molar-refractivity contribution in [3.05, 3.63) is 29.3 Å². The van der Waals surface area contributed by atoms with Crippen molar-refractivity contribution in [2.75, 3.05) is 7.11 Å². The SMILES string of the molecule is COc1ccc2c(c1)C(C)(O)OC2=O. The van der Waals surface area contributed by atoms with Crippen molar-refractivity contribution in [2.24, 2.45) is 0 Å². The lowest BCUT2D eigenvalue weighted by Crippen LogP contribution is -2.20. The van der Waals surface area contributed by atoms with Gasteiger partial charge < -0.3 is 14.6 Å². The van der Waals surface area contributed by atoms with Gasteiger partial charge in [-0.2, -0.15) is 0 Å². The Morgan fingerprint density at radius 1 is 1.50 bits per heavy atom. The van der Waals surface area contributed by atoms with E-state index in [9.17, 15) is 9.90 Å². The second kappa shape index (κ2) is 2.72. The van der Waals surface area contributed by atoms with E-state index in [1.54, 1.807) is 18.2 Å². The number of fused-ring (bicyclic) bond motifs is 1. The van der Waals surface area contributed by atoms with E-state index in [-0.39, 0.29) is 0 Å². The van der Waals surface area contributed by atoms with Crippen LogP contribution in [0, 0.1) is 0 Å². The second-order valence-corrected chi connectivity index (χ2v) is 3.28. The van der Waals surface area contributed by atoms with Crippen LogP contribution in [0.1, 0.15) is 22.8 Å². The highest BCUT2D eigenvalue weighted by Gasteiger charge is 2.40. The maximum Gasteiger partial charge on any atom is 0.341 e. The number of esters is 1. The number of hydrogen-bond acceptors (Lipinski definition) is 4. The summed E-state index contributed by atoms with van der Waals surface area (Å²) in [4.78, 5) is 11.3. The molecule has 4 nitrogen and oxygen atoms in total. The Bertz CT molecular complexity index is 395. The normalized spacial score (nSPS) is 24.4. The summed E-state index contributed by atoms with van der Waals surface area (Å²) in [5, 5.41) is 9.74. The van der Waals surface area contributed by atoms with Crippen LogP contribution < -0.4 is 4.74 Å². The molecule has 14 heavy (non-hydrogen) atoms. The molecule has 0 aromatic heterocycles. The number of carbonyl (C=O) groups excluding carboxylic acids is 1. The highest BCUT2D eigenvalue weighted by molar-refractivity contribution is 5.94. The zero-order valence-electron chi connectivity index (χ0n) is 7.90. The van der Waals surface area contributed by atoms with Crippen LogP contribution in [0.4, 0.5) is 0 Å². The summed E-state index contributed by atoms with van der Waals surface area (Å²) in [5.41, 5.74) is 0.831. The van der Waals surface area contributed by atoms with Gasteiger partial charge in [0.05, 0.1) is 12.7 Å². The first kappa shape index (κ1) is 9.02. The lowest BCUT2D eigenvalue weighted by atomic mass is 10.0.